The molecule has 0 spiro atoms. The molecule has 0 saturated carbocycles. The van der Waals surface area contributed by atoms with Crippen LogP contribution in [0.25, 0.3) is 5.65 Å². The van der Waals surface area contributed by atoms with Crippen molar-refractivity contribution < 1.29 is 4.79 Å². The molecule has 24 heavy (non-hydrogen) atoms. The summed E-state index contributed by atoms with van der Waals surface area (Å²) in [6.07, 6.45) is 6.07. The predicted octanol–water partition coefficient (Wildman–Crippen LogP) is 3.22. The van der Waals surface area contributed by atoms with Crippen LogP contribution in [0.1, 0.15) is 17.3 Å². The molecule has 2 heterocycles. The molecule has 0 saturated heterocycles. The summed E-state index contributed by atoms with van der Waals surface area (Å²) in [5.41, 5.74) is 1.05. The molecule has 5 nitrogen and oxygen atoms in total. The maximum Gasteiger partial charge on any atom is 0.270 e. The van der Waals surface area contributed by atoms with E-state index in [1.54, 1.807) is 18.3 Å². The second-order valence-electron chi connectivity index (χ2n) is 5.22. The van der Waals surface area contributed by atoms with Gasteiger partial charge in [-0.2, -0.15) is 0 Å². The molecule has 0 aliphatic carbocycles. The molecule has 0 unspecified atom stereocenters. The second kappa shape index (κ2) is 6.91. The van der Waals surface area contributed by atoms with Crippen molar-refractivity contribution in [2.24, 2.45) is 0 Å². The van der Waals surface area contributed by atoms with Crippen molar-refractivity contribution in [1.29, 1.82) is 0 Å². The lowest BCUT2D eigenvalue weighted by molar-refractivity contribution is 0.112. The van der Waals surface area contributed by atoms with Crippen LogP contribution < -0.4 is 10.5 Å². The molecular formula is C19H17N3O2. The van der Waals surface area contributed by atoms with E-state index in [1.807, 2.05) is 60.4 Å². The molecule has 0 atom stereocenters. The summed E-state index contributed by atoms with van der Waals surface area (Å²) in [5.74, 6) is 0.366. The average molecular weight is 319 g/mol. The van der Waals surface area contributed by atoms with Crippen molar-refractivity contribution in [3.63, 3.8) is 0 Å². The first kappa shape index (κ1) is 15.7. The highest BCUT2D eigenvalue weighted by atomic mass is 16.1. The number of hydrogen-bond acceptors (Lipinski definition) is 4. The van der Waals surface area contributed by atoms with E-state index in [4.69, 9.17) is 0 Å². The van der Waals surface area contributed by atoms with Crippen molar-refractivity contribution in [2.45, 2.75) is 6.92 Å². The van der Waals surface area contributed by atoms with Gasteiger partial charge >= 0.3 is 0 Å². The lowest BCUT2D eigenvalue weighted by Gasteiger charge is -2.23. The number of carbonyl (C=O) groups excluding carboxylic acids is 1. The minimum Gasteiger partial charge on any atom is -0.322 e. The Kier molecular flexibility index (Phi) is 4.52. The first-order valence-electron chi connectivity index (χ1n) is 7.66. The van der Waals surface area contributed by atoms with Gasteiger partial charge in [0.25, 0.3) is 5.56 Å². The number of hydrogen-bond donors (Lipinski definition) is 0. The number of para-hydroxylation sites is 1. The number of allylic oxidation sites excluding steroid dienone is 1. The molecule has 2 aromatic heterocycles. The van der Waals surface area contributed by atoms with Crippen LogP contribution in [0.2, 0.25) is 0 Å². The van der Waals surface area contributed by atoms with Crippen LogP contribution in [0.3, 0.4) is 0 Å². The first-order chi connectivity index (χ1) is 11.8. The van der Waals surface area contributed by atoms with E-state index in [9.17, 15) is 9.59 Å². The van der Waals surface area contributed by atoms with Crippen LogP contribution in [0.4, 0.5) is 11.5 Å². The number of nitrogens with zero attached hydrogens (tertiary/aromatic N) is 3. The highest BCUT2D eigenvalue weighted by molar-refractivity contribution is 5.85. The minimum atomic E-state index is -0.369. The molecule has 0 fully saturated rings. The summed E-state index contributed by atoms with van der Waals surface area (Å²) in [5, 5.41) is 0. The number of benzene rings is 1. The molecule has 0 aliphatic heterocycles. The highest BCUT2D eigenvalue weighted by Gasteiger charge is 2.18. The van der Waals surface area contributed by atoms with Crippen LogP contribution in [-0.2, 0) is 0 Å². The van der Waals surface area contributed by atoms with E-state index in [1.165, 1.54) is 4.40 Å². The van der Waals surface area contributed by atoms with E-state index in [0.29, 0.717) is 24.3 Å². The Morgan fingerprint density at radius 1 is 1.12 bits per heavy atom. The van der Waals surface area contributed by atoms with E-state index in [2.05, 4.69) is 4.98 Å². The van der Waals surface area contributed by atoms with Gasteiger partial charge in [-0.3, -0.25) is 14.0 Å². The second-order valence-corrected chi connectivity index (χ2v) is 5.22. The fourth-order valence-corrected chi connectivity index (χ4v) is 2.53. The zero-order valence-electron chi connectivity index (χ0n) is 13.3. The summed E-state index contributed by atoms with van der Waals surface area (Å²) in [7, 11) is 0. The Bertz CT molecular complexity index is 946. The van der Waals surface area contributed by atoms with Crippen LogP contribution in [-0.4, -0.2) is 22.2 Å². The third-order valence-corrected chi connectivity index (χ3v) is 3.71. The van der Waals surface area contributed by atoms with Gasteiger partial charge in [-0.1, -0.05) is 36.4 Å². The molecule has 3 aromatic rings. The minimum absolute atomic E-state index is 0.0482. The van der Waals surface area contributed by atoms with Gasteiger partial charge < -0.3 is 4.90 Å². The number of pyridine rings is 1. The fraction of sp³-hybridized carbons (Fsp3) is 0.105. The maximum atomic E-state index is 12.6. The maximum absolute atomic E-state index is 12.6. The van der Waals surface area contributed by atoms with Crippen LogP contribution in [0.5, 0.6) is 0 Å². The largest absolute Gasteiger partial charge is 0.322 e. The predicted molar refractivity (Wildman–Crippen MR) is 95.1 cm³/mol. The Morgan fingerprint density at radius 3 is 2.58 bits per heavy atom. The topological polar surface area (TPSA) is 54.7 Å². The van der Waals surface area contributed by atoms with Gasteiger partial charge in [0.1, 0.15) is 11.2 Å². The number of aldehydes is 1. The van der Waals surface area contributed by atoms with Crippen molar-refractivity contribution in [3.05, 3.63) is 82.8 Å². The van der Waals surface area contributed by atoms with E-state index in [-0.39, 0.29) is 11.1 Å². The zero-order chi connectivity index (χ0) is 16.9. The molecule has 5 heteroatoms. The third-order valence-electron chi connectivity index (χ3n) is 3.71. The molecule has 0 radical (unpaired) electrons. The quantitative estimate of drug-likeness (QED) is 0.535. The lowest BCUT2D eigenvalue weighted by atomic mass is 10.2. The van der Waals surface area contributed by atoms with Gasteiger partial charge in [0.2, 0.25) is 0 Å². The summed E-state index contributed by atoms with van der Waals surface area (Å²) in [6.45, 7) is 2.43. The van der Waals surface area contributed by atoms with Gasteiger partial charge in [0, 0.05) is 18.4 Å². The molecule has 3 rings (SSSR count). The monoisotopic (exact) mass is 319 g/mol. The summed E-state index contributed by atoms with van der Waals surface area (Å²) in [6, 6.07) is 14.9. The van der Waals surface area contributed by atoms with Crippen molar-refractivity contribution in [1.82, 2.24) is 9.38 Å². The van der Waals surface area contributed by atoms with E-state index in [0.717, 1.165) is 5.69 Å². The Morgan fingerprint density at radius 2 is 1.88 bits per heavy atom. The SMILES string of the molecule is C/C=C/CN(c1ccccc1)c1nc2ccccn2c(=O)c1C=O. The Labute approximate surface area is 139 Å². The normalized spacial score (nSPS) is 11.0. The summed E-state index contributed by atoms with van der Waals surface area (Å²) < 4.78 is 1.38. The smallest absolute Gasteiger partial charge is 0.270 e. The van der Waals surface area contributed by atoms with E-state index < -0.39 is 0 Å². The summed E-state index contributed by atoms with van der Waals surface area (Å²) >= 11 is 0. The number of aromatic nitrogens is 2. The zero-order valence-corrected chi connectivity index (χ0v) is 13.3. The van der Waals surface area contributed by atoms with E-state index >= 15 is 0 Å². The van der Waals surface area contributed by atoms with Gasteiger partial charge in [-0.05, 0) is 31.2 Å². The lowest BCUT2D eigenvalue weighted by Crippen LogP contribution is -2.27. The summed E-state index contributed by atoms with van der Waals surface area (Å²) in [4.78, 5) is 30.7. The molecule has 0 bridgehead atoms. The standard InChI is InChI=1S/C19H17N3O2/c1-2-3-12-21(15-9-5-4-6-10-15)18-16(14-23)19(24)22-13-8-7-11-17(22)20-18/h2-11,13-14H,12H2,1H3/b3-2+. The number of carbonyl (C=O) groups is 1. The Balaban J connectivity index is 2.27. The van der Waals surface area contributed by atoms with Gasteiger partial charge in [-0.15, -0.1) is 0 Å². The molecule has 0 amide bonds. The first-order valence-corrected chi connectivity index (χ1v) is 7.66. The van der Waals surface area contributed by atoms with Crippen molar-refractivity contribution in [2.75, 3.05) is 11.4 Å². The number of rotatable bonds is 5. The number of anilines is 2. The third kappa shape index (κ3) is 2.84. The van der Waals surface area contributed by atoms with Crippen LogP contribution >= 0.6 is 0 Å². The highest BCUT2D eigenvalue weighted by Crippen LogP contribution is 2.25. The van der Waals surface area contributed by atoms with Crippen molar-refractivity contribution >= 4 is 23.4 Å². The van der Waals surface area contributed by atoms with Gasteiger partial charge in [-0.25, -0.2) is 4.98 Å². The molecule has 0 N–H and O–H groups in total. The Hall–Kier alpha value is -3.21. The molecule has 0 aliphatic rings. The van der Waals surface area contributed by atoms with Crippen LogP contribution in [0, 0.1) is 0 Å². The van der Waals surface area contributed by atoms with Gasteiger partial charge in [0.05, 0.1) is 0 Å². The number of fused-ring (bicyclic) bond motifs is 1. The molecule has 120 valence electrons. The fourth-order valence-electron chi connectivity index (χ4n) is 2.53. The molecular weight excluding hydrogens is 302 g/mol. The average Bonchev–Trinajstić information content (AvgIpc) is 2.63. The van der Waals surface area contributed by atoms with Crippen molar-refractivity contribution in [3.8, 4) is 0 Å². The van der Waals surface area contributed by atoms with Gasteiger partial charge in [0.15, 0.2) is 12.1 Å². The molecule has 1 aromatic carbocycles. The van der Waals surface area contributed by atoms with Crippen LogP contribution in [0.15, 0.2) is 71.7 Å².